The maximum absolute atomic E-state index is 13.6. The van der Waals surface area contributed by atoms with E-state index in [1.165, 1.54) is 18.1 Å². The molecule has 1 aromatic heterocycles. The second-order valence-corrected chi connectivity index (χ2v) is 11.3. The minimum atomic E-state index is -0.931. The van der Waals surface area contributed by atoms with E-state index in [0.29, 0.717) is 30.0 Å². The van der Waals surface area contributed by atoms with Crippen molar-refractivity contribution in [1.29, 1.82) is 0 Å². The number of fused-ring (bicyclic) bond motifs is 2. The monoisotopic (exact) mass is 618 g/mol. The number of nitrogens with zero attached hydrogens (tertiary/aromatic N) is 2. The minimum Gasteiger partial charge on any atom is -0.493 e. The number of carbonyl (C=O) groups excluding carboxylic acids is 3. The SMILES string of the molecule is [B]C(=O)N(CCCOc1cc2c(c(OCOC)c1)C(=O)O[C@@H](C)[C@H](C)/C=C\C(=O)C1OC(C)(C)O[C@H]1C/C=C/2)c1ccccn1. The number of cyclic esters (lactones) is 1. The number of carbonyl (C=O) groups is 3. The molecule has 4 rings (SSSR count). The summed E-state index contributed by atoms with van der Waals surface area (Å²) in [5, 5.41) is 0. The summed E-state index contributed by atoms with van der Waals surface area (Å²) in [4.78, 5) is 44.2. The van der Waals surface area contributed by atoms with E-state index in [1.54, 1.807) is 69.5 Å². The molecule has 2 aromatic rings. The highest BCUT2D eigenvalue weighted by atomic mass is 16.8. The van der Waals surface area contributed by atoms with Crippen molar-refractivity contribution in [2.75, 3.05) is 32.0 Å². The highest BCUT2D eigenvalue weighted by Gasteiger charge is 2.43. The Morgan fingerprint density at radius 3 is 2.64 bits per heavy atom. The van der Waals surface area contributed by atoms with Crippen molar-refractivity contribution in [3.63, 3.8) is 0 Å². The molecule has 2 aliphatic heterocycles. The van der Waals surface area contributed by atoms with Crippen molar-refractivity contribution in [2.24, 2.45) is 5.92 Å². The van der Waals surface area contributed by atoms with Gasteiger partial charge in [-0.2, -0.15) is 0 Å². The summed E-state index contributed by atoms with van der Waals surface area (Å²) in [6, 6.07) is 8.52. The van der Waals surface area contributed by atoms with Gasteiger partial charge < -0.3 is 33.3 Å². The van der Waals surface area contributed by atoms with E-state index < -0.39 is 35.9 Å². The van der Waals surface area contributed by atoms with Gasteiger partial charge in [0.1, 0.15) is 35.1 Å². The Morgan fingerprint density at radius 2 is 1.93 bits per heavy atom. The Labute approximate surface area is 264 Å². The van der Waals surface area contributed by atoms with Crippen LogP contribution in [0.2, 0.25) is 0 Å². The van der Waals surface area contributed by atoms with Crippen LogP contribution in [0.25, 0.3) is 6.08 Å². The predicted octanol–water partition coefficient (Wildman–Crippen LogP) is 4.87. The standard InChI is InChI=1S/C33H39BN2O9/c1-21-13-14-25(37)30-26(44-33(3,4)45-30)11-8-10-23-18-24(19-27(42-20-40-5)29(23)31(38)43-22(21)2)41-17-9-16-36(32(34)39)28-12-6-7-15-35-28/h6-8,10,12-15,18-19,21-22,26,30H,9,11,16-17,20H2,1-5H3/b10-8+,14-13-/t21-,22+,26+,30?/m1/s1. The van der Waals surface area contributed by atoms with Gasteiger partial charge in [0.2, 0.25) is 7.85 Å². The van der Waals surface area contributed by atoms with Gasteiger partial charge in [-0.15, -0.1) is 0 Å². The number of aromatic nitrogens is 1. The fraction of sp³-hybridized carbons (Fsp3) is 0.455. The average Bonchev–Trinajstić information content (AvgIpc) is 3.32. The molecule has 3 heterocycles. The van der Waals surface area contributed by atoms with Gasteiger partial charge in [0.15, 0.2) is 24.2 Å². The first-order valence-electron chi connectivity index (χ1n) is 14.8. The second-order valence-electron chi connectivity index (χ2n) is 11.3. The summed E-state index contributed by atoms with van der Waals surface area (Å²) in [5.41, 5.74) is 0.673. The molecule has 238 valence electrons. The topological polar surface area (TPSA) is 123 Å². The molecule has 0 spiro atoms. The quantitative estimate of drug-likeness (QED) is 0.166. The van der Waals surface area contributed by atoms with Crippen LogP contribution in [0.5, 0.6) is 11.5 Å². The molecule has 45 heavy (non-hydrogen) atoms. The van der Waals surface area contributed by atoms with Gasteiger partial charge in [-0.3, -0.25) is 9.59 Å². The first-order valence-corrected chi connectivity index (χ1v) is 14.8. The number of anilines is 1. The third-order valence-corrected chi connectivity index (χ3v) is 7.36. The molecule has 1 aromatic carbocycles. The van der Waals surface area contributed by atoms with E-state index in [4.69, 9.17) is 36.3 Å². The van der Waals surface area contributed by atoms with E-state index in [9.17, 15) is 14.4 Å². The number of ketones is 1. The van der Waals surface area contributed by atoms with Crippen molar-refractivity contribution in [2.45, 2.75) is 64.6 Å². The molecule has 12 heteroatoms. The molecule has 1 unspecified atom stereocenters. The molecular weight excluding hydrogens is 579 g/mol. The van der Waals surface area contributed by atoms with E-state index in [2.05, 4.69) is 4.98 Å². The lowest BCUT2D eigenvalue weighted by molar-refractivity contribution is -0.152. The molecule has 4 atom stereocenters. The zero-order valence-electron chi connectivity index (χ0n) is 26.3. The molecule has 0 aliphatic carbocycles. The Kier molecular flexibility index (Phi) is 11.5. The van der Waals surface area contributed by atoms with Crippen LogP contribution in [-0.2, 0) is 23.7 Å². The summed E-state index contributed by atoms with van der Waals surface area (Å²) in [6.45, 7) is 7.53. The van der Waals surface area contributed by atoms with E-state index >= 15 is 0 Å². The van der Waals surface area contributed by atoms with Gasteiger partial charge in [0, 0.05) is 31.8 Å². The molecule has 0 saturated carbocycles. The molecule has 0 N–H and O–H groups in total. The number of hydrogen-bond donors (Lipinski definition) is 0. The van der Waals surface area contributed by atoms with Crippen LogP contribution in [0.4, 0.5) is 10.6 Å². The van der Waals surface area contributed by atoms with Gasteiger partial charge in [-0.25, -0.2) is 9.78 Å². The molecular formula is C33H39BN2O9. The molecule has 11 nitrogen and oxygen atoms in total. The van der Waals surface area contributed by atoms with Crippen LogP contribution >= 0.6 is 0 Å². The lowest BCUT2D eigenvalue weighted by atomic mass is 9.99. The van der Waals surface area contributed by atoms with Crippen molar-refractivity contribution in [3.05, 3.63) is 65.9 Å². The number of rotatable bonds is 9. The summed E-state index contributed by atoms with van der Waals surface area (Å²) >= 11 is 0. The summed E-state index contributed by atoms with van der Waals surface area (Å²) in [7, 11) is 7.04. The van der Waals surface area contributed by atoms with Crippen LogP contribution in [0.3, 0.4) is 0 Å². The first-order chi connectivity index (χ1) is 21.5. The number of methoxy groups -OCH3 is 1. The lowest BCUT2D eigenvalue weighted by Crippen LogP contribution is -2.32. The molecule has 2 aliphatic rings. The summed E-state index contributed by atoms with van der Waals surface area (Å²) in [5.74, 6) is -1.57. The molecule has 0 bridgehead atoms. The van der Waals surface area contributed by atoms with Crippen LogP contribution in [0.15, 0.2) is 54.8 Å². The van der Waals surface area contributed by atoms with Gasteiger partial charge in [-0.1, -0.05) is 31.2 Å². The fourth-order valence-electron chi connectivity index (χ4n) is 4.95. The zero-order chi connectivity index (χ0) is 32.6. The average molecular weight is 618 g/mol. The maximum atomic E-state index is 13.6. The number of benzene rings is 1. The normalized spacial score (nSPS) is 24.4. The predicted molar refractivity (Wildman–Crippen MR) is 167 cm³/mol. The second kappa shape index (κ2) is 15.3. The molecule has 1 fully saturated rings. The highest BCUT2D eigenvalue weighted by Crippen LogP contribution is 2.34. The zero-order valence-corrected chi connectivity index (χ0v) is 26.3. The molecule has 2 radical (unpaired) electrons. The van der Waals surface area contributed by atoms with E-state index in [1.807, 2.05) is 13.0 Å². The van der Waals surface area contributed by atoms with Crippen molar-refractivity contribution < 1.29 is 42.8 Å². The smallest absolute Gasteiger partial charge is 0.342 e. The molecule has 1 amide bonds. The van der Waals surface area contributed by atoms with Gasteiger partial charge >= 0.3 is 5.97 Å². The summed E-state index contributed by atoms with van der Waals surface area (Å²) in [6.07, 6.45) is 7.21. The van der Waals surface area contributed by atoms with Crippen LogP contribution in [0.1, 0.15) is 56.5 Å². The van der Waals surface area contributed by atoms with Gasteiger partial charge in [0.05, 0.1) is 12.7 Å². The fourth-order valence-corrected chi connectivity index (χ4v) is 4.95. The van der Waals surface area contributed by atoms with Crippen molar-refractivity contribution in [1.82, 2.24) is 4.98 Å². The van der Waals surface area contributed by atoms with Crippen LogP contribution in [-0.4, -0.2) is 81.5 Å². The lowest BCUT2D eigenvalue weighted by Gasteiger charge is -2.22. The summed E-state index contributed by atoms with van der Waals surface area (Å²) < 4.78 is 34.8. The number of hydrogen-bond acceptors (Lipinski definition) is 10. The first kappa shape index (κ1) is 33.9. The van der Waals surface area contributed by atoms with Gasteiger partial charge in [0.25, 0.3) is 0 Å². The third kappa shape index (κ3) is 9.03. The number of amides is 1. The van der Waals surface area contributed by atoms with Crippen LogP contribution < -0.4 is 14.4 Å². The van der Waals surface area contributed by atoms with E-state index in [-0.39, 0.29) is 43.0 Å². The highest BCUT2D eigenvalue weighted by molar-refractivity contribution is 6.60. The van der Waals surface area contributed by atoms with E-state index in [0.717, 1.165) is 0 Å². The maximum Gasteiger partial charge on any atom is 0.342 e. The largest absolute Gasteiger partial charge is 0.493 e. The third-order valence-electron chi connectivity index (χ3n) is 7.36. The Hall–Kier alpha value is -4.00. The van der Waals surface area contributed by atoms with Gasteiger partial charge in [-0.05, 0) is 63.5 Å². The minimum absolute atomic E-state index is 0.120. The van der Waals surface area contributed by atoms with Crippen LogP contribution in [0, 0.1) is 5.92 Å². The van der Waals surface area contributed by atoms with Crippen molar-refractivity contribution >= 4 is 37.3 Å². The number of pyridine rings is 1. The number of ether oxygens (including phenoxy) is 6. The van der Waals surface area contributed by atoms with Crippen molar-refractivity contribution in [3.8, 4) is 11.5 Å². The number of esters is 1. The molecule has 1 saturated heterocycles. The Balaban J connectivity index is 1.62. The Bertz CT molecular complexity index is 1410. The Morgan fingerprint density at radius 1 is 1.13 bits per heavy atom.